The molecule has 1 aliphatic rings. The van der Waals surface area contributed by atoms with E-state index >= 15 is 0 Å². The van der Waals surface area contributed by atoms with Gasteiger partial charge < -0.3 is 14.5 Å². The van der Waals surface area contributed by atoms with Crippen molar-refractivity contribution < 1.29 is 18.7 Å². The number of hydrogen-bond donors (Lipinski definition) is 1. The quantitative estimate of drug-likeness (QED) is 0.676. The first-order valence-electron chi connectivity index (χ1n) is 6.14. The van der Waals surface area contributed by atoms with E-state index in [1.165, 1.54) is 6.07 Å². The lowest BCUT2D eigenvalue weighted by Crippen LogP contribution is -2.13. The maximum Gasteiger partial charge on any atom is 0.336 e. The van der Waals surface area contributed by atoms with Crippen molar-refractivity contribution in [1.29, 1.82) is 0 Å². The molecule has 0 radical (unpaired) electrons. The molecule has 0 unspecified atom stereocenters. The maximum atomic E-state index is 12.0. The molecule has 2 aromatic rings. The smallest absolute Gasteiger partial charge is 0.336 e. The van der Waals surface area contributed by atoms with Gasteiger partial charge in [0.15, 0.2) is 17.9 Å². The largest absolute Gasteiger partial charge is 0.482 e. The van der Waals surface area contributed by atoms with E-state index < -0.39 is 11.5 Å². The predicted octanol–water partition coefficient (Wildman–Crippen LogP) is 1.85. The van der Waals surface area contributed by atoms with Gasteiger partial charge in [0.1, 0.15) is 11.4 Å². The van der Waals surface area contributed by atoms with Gasteiger partial charge in [0.25, 0.3) is 0 Å². The summed E-state index contributed by atoms with van der Waals surface area (Å²) < 4.78 is 10.5. The van der Waals surface area contributed by atoms with Crippen LogP contribution >= 0.6 is 11.6 Å². The molecule has 7 heteroatoms. The van der Waals surface area contributed by atoms with Crippen LogP contribution in [0.5, 0.6) is 5.75 Å². The highest BCUT2D eigenvalue weighted by Gasteiger charge is 2.30. The molecule has 1 aromatic heterocycles. The van der Waals surface area contributed by atoms with Crippen LogP contribution in [0.4, 0.5) is 5.69 Å². The maximum absolute atomic E-state index is 12.0. The molecule has 3 rings (SSSR count). The molecule has 0 bridgehead atoms. The molecule has 0 saturated heterocycles. The summed E-state index contributed by atoms with van der Waals surface area (Å²) in [6.07, 6.45) is 0. The van der Waals surface area contributed by atoms with Gasteiger partial charge in [-0.1, -0.05) is 0 Å². The Bertz CT molecular complexity index is 839. The number of benzene rings is 1. The Morgan fingerprint density at radius 2 is 2.14 bits per heavy atom. The second-order valence-electron chi connectivity index (χ2n) is 4.65. The average Bonchev–Trinajstić information content (AvgIpc) is 2.82. The topological polar surface area (TPSA) is 85.6 Å². The van der Waals surface area contributed by atoms with Gasteiger partial charge in [-0.2, -0.15) is 0 Å². The van der Waals surface area contributed by atoms with Crippen LogP contribution in [-0.2, 0) is 4.79 Å². The Labute approximate surface area is 123 Å². The summed E-state index contributed by atoms with van der Waals surface area (Å²) in [5.41, 5.74) is 0.801. The predicted molar refractivity (Wildman–Crippen MR) is 76.4 cm³/mol. The summed E-state index contributed by atoms with van der Waals surface area (Å²) in [6, 6.07) is 2.93. The summed E-state index contributed by atoms with van der Waals surface area (Å²) in [6.45, 7) is 1.56. The SMILES string of the molecule is Cc1cc(=O)oc2c3c(c(NC(=O)CCl)cc12)OCC3=O. The first-order chi connectivity index (χ1) is 10.0. The standard InChI is InChI=1S/C14H10ClNO5/c1-6-2-11(19)21-13-7(6)3-8(16-10(18)4-15)14-12(13)9(17)5-20-14/h2-3H,4-5H2,1H3,(H,16,18). The highest BCUT2D eigenvalue weighted by atomic mass is 35.5. The van der Waals surface area contributed by atoms with E-state index in [1.54, 1.807) is 13.0 Å². The number of aryl methyl sites for hydroxylation is 1. The number of fused-ring (bicyclic) bond motifs is 3. The van der Waals surface area contributed by atoms with Gasteiger partial charge >= 0.3 is 5.63 Å². The molecule has 0 fully saturated rings. The summed E-state index contributed by atoms with van der Waals surface area (Å²) in [7, 11) is 0. The Kier molecular flexibility index (Phi) is 3.17. The van der Waals surface area contributed by atoms with E-state index in [0.717, 1.165) is 0 Å². The van der Waals surface area contributed by atoms with Crippen LogP contribution in [0, 0.1) is 6.92 Å². The van der Waals surface area contributed by atoms with Crippen molar-refractivity contribution in [3.05, 3.63) is 33.7 Å². The van der Waals surface area contributed by atoms with E-state index in [9.17, 15) is 14.4 Å². The minimum atomic E-state index is -0.542. The van der Waals surface area contributed by atoms with Gasteiger partial charge in [-0.3, -0.25) is 9.59 Å². The van der Waals surface area contributed by atoms with Crippen molar-refractivity contribution in [2.45, 2.75) is 6.92 Å². The molecule has 21 heavy (non-hydrogen) atoms. The third-order valence-electron chi connectivity index (χ3n) is 3.22. The number of amides is 1. The highest BCUT2D eigenvalue weighted by Crippen LogP contribution is 2.40. The lowest BCUT2D eigenvalue weighted by atomic mass is 10.0. The van der Waals surface area contributed by atoms with Gasteiger partial charge in [0.05, 0.1) is 5.69 Å². The normalized spacial score (nSPS) is 13.1. The second kappa shape index (κ2) is 4.89. The zero-order valence-electron chi connectivity index (χ0n) is 11.0. The number of halogens is 1. The van der Waals surface area contributed by atoms with E-state index in [1.807, 2.05) is 0 Å². The number of hydrogen-bond acceptors (Lipinski definition) is 5. The number of alkyl halides is 1. The summed E-state index contributed by atoms with van der Waals surface area (Å²) in [5, 5.41) is 3.15. The molecule has 0 atom stereocenters. The first-order valence-corrected chi connectivity index (χ1v) is 6.68. The number of carbonyl (C=O) groups is 2. The zero-order chi connectivity index (χ0) is 15.1. The van der Waals surface area contributed by atoms with E-state index in [2.05, 4.69) is 5.32 Å². The molecule has 108 valence electrons. The fourth-order valence-corrected chi connectivity index (χ4v) is 2.39. The molecule has 0 saturated carbocycles. The van der Waals surface area contributed by atoms with Gasteiger partial charge in [0, 0.05) is 11.5 Å². The van der Waals surface area contributed by atoms with Gasteiger partial charge in [-0.25, -0.2) is 4.79 Å². The molecule has 6 nitrogen and oxygen atoms in total. The van der Waals surface area contributed by atoms with Crippen LogP contribution in [-0.4, -0.2) is 24.2 Å². The van der Waals surface area contributed by atoms with E-state index in [4.69, 9.17) is 20.8 Å². The molecular weight excluding hydrogens is 298 g/mol. The highest BCUT2D eigenvalue weighted by molar-refractivity contribution is 6.29. The Balaban J connectivity index is 2.34. The first kappa shape index (κ1) is 13.6. The number of ketones is 1. The van der Waals surface area contributed by atoms with Crippen LogP contribution < -0.4 is 15.7 Å². The molecular formula is C14H10ClNO5. The van der Waals surface area contributed by atoms with Gasteiger partial charge in [-0.05, 0) is 18.6 Å². The molecule has 1 aliphatic heterocycles. The Hall–Kier alpha value is -2.34. The fourth-order valence-electron chi connectivity index (χ4n) is 2.32. The number of carbonyl (C=O) groups excluding carboxylic acids is 2. The Morgan fingerprint density at radius 1 is 1.38 bits per heavy atom. The third-order valence-corrected chi connectivity index (χ3v) is 3.46. The van der Waals surface area contributed by atoms with Crippen molar-refractivity contribution in [3.63, 3.8) is 0 Å². The molecule has 0 aliphatic carbocycles. The van der Waals surface area contributed by atoms with E-state index in [0.29, 0.717) is 16.6 Å². The molecule has 1 amide bonds. The lowest BCUT2D eigenvalue weighted by molar-refractivity contribution is -0.113. The van der Waals surface area contributed by atoms with Crippen molar-refractivity contribution >= 4 is 39.9 Å². The molecule has 1 N–H and O–H groups in total. The number of Topliss-reactive ketones (excluding diaryl/α,β-unsaturated/α-hetero) is 1. The molecule has 2 heterocycles. The van der Waals surface area contributed by atoms with Crippen molar-refractivity contribution in [2.24, 2.45) is 0 Å². The van der Waals surface area contributed by atoms with Crippen molar-refractivity contribution in [1.82, 2.24) is 0 Å². The second-order valence-corrected chi connectivity index (χ2v) is 4.91. The van der Waals surface area contributed by atoms with Crippen LogP contribution in [0.25, 0.3) is 11.0 Å². The number of anilines is 1. The van der Waals surface area contributed by atoms with Gasteiger partial charge in [-0.15, -0.1) is 11.6 Å². The van der Waals surface area contributed by atoms with Crippen LogP contribution in [0.3, 0.4) is 0 Å². The summed E-state index contributed by atoms with van der Waals surface area (Å²) >= 11 is 5.47. The van der Waals surface area contributed by atoms with Crippen molar-refractivity contribution in [3.8, 4) is 5.75 Å². The summed E-state index contributed by atoms with van der Waals surface area (Å²) in [4.78, 5) is 35.0. The zero-order valence-corrected chi connectivity index (χ0v) is 11.7. The number of nitrogens with one attached hydrogen (secondary N) is 1. The number of rotatable bonds is 2. The molecule has 0 spiro atoms. The van der Waals surface area contributed by atoms with Gasteiger partial charge in [0.2, 0.25) is 11.7 Å². The van der Waals surface area contributed by atoms with Crippen LogP contribution in [0.15, 0.2) is 21.3 Å². The third kappa shape index (κ3) is 2.17. The van der Waals surface area contributed by atoms with Crippen LogP contribution in [0.1, 0.15) is 15.9 Å². The average molecular weight is 308 g/mol. The fraction of sp³-hybridized carbons (Fsp3) is 0.214. The summed E-state index contributed by atoms with van der Waals surface area (Å²) in [5.74, 6) is -0.731. The molecule has 1 aromatic carbocycles. The van der Waals surface area contributed by atoms with Crippen LogP contribution in [0.2, 0.25) is 0 Å². The van der Waals surface area contributed by atoms with E-state index in [-0.39, 0.29) is 35.2 Å². The number of ether oxygens (including phenoxy) is 1. The monoisotopic (exact) mass is 307 g/mol. The minimum Gasteiger partial charge on any atom is -0.482 e. The minimum absolute atomic E-state index is 0.157. The Morgan fingerprint density at radius 3 is 2.86 bits per heavy atom. The van der Waals surface area contributed by atoms with Crippen molar-refractivity contribution in [2.75, 3.05) is 17.8 Å². The lowest BCUT2D eigenvalue weighted by Gasteiger charge is -2.11.